The lowest BCUT2D eigenvalue weighted by molar-refractivity contribution is 0.0578. The minimum atomic E-state index is 0.0493. The second kappa shape index (κ2) is 6.80. The predicted octanol–water partition coefficient (Wildman–Crippen LogP) is 2.23. The molecule has 1 aliphatic rings. The van der Waals surface area contributed by atoms with Crippen LogP contribution in [0.5, 0.6) is 0 Å². The third-order valence-electron chi connectivity index (χ3n) is 4.29. The Labute approximate surface area is 139 Å². The molecule has 7 heteroatoms. The van der Waals surface area contributed by atoms with Crippen molar-refractivity contribution in [2.24, 2.45) is 7.05 Å². The van der Waals surface area contributed by atoms with Crippen LogP contribution in [-0.2, 0) is 7.05 Å². The third kappa shape index (κ3) is 3.30. The number of aliphatic hydroxyl groups is 1. The van der Waals surface area contributed by atoms with E-state index in [0.29, 0.717) is 11.3 Å². The summed E-state index contributed by atoms with van der Waals surface area (Å²) in [6.07, 6.45) is 7.45. The van der Waals surface area contributed by atoms with E-state index >= 15 is 0 Å². The van der Waals surface area contributed by atoms with Gasteiger partial charge in [0.25, 0.3) is 5.91 Å². The van der Waals surface area contributed by atoms with E-state index in [1.165, 1.54) is 11.3 Å². The minimum absolute atomic E-state index is 0.0493. The summed E-state index contributed by atoms with van der Waals surface area (Å²) in [6, 6.07) is 0.143. The van der Waals surface area contributed by atoms with Crippen LogP contribution < -0.4 is 0 Å². The normalized spacial score (nSPS) is 18.4. The van der Waals surface area contributed by atoms with E-state index in [2.05, 4.69) is 10.1 Å². The number of nitrogens with zero attached hydrogens (tertiary/aromatic N) is 4. The number of carbonyl (C=O) groups is 1. The molecular formula is C16H22N4O2S. The van der Waals surface area contributed by atoms with Crippen molar-refractivity contribution in [1.82, 2.24) is 19.7 Å². The fourth-order valence-electron chi connectivity index (χ4n) is 3.10. The van der Waals surface area contributed by atoms with Crippen molar-refractivity contribution in [3.8, 4) is 10.6 Å². The Balaban J connectivity index is 1.85. The number of hydrogen-bond donors (Lipinski definition) is 1. The smallest absolute Gasteiger partial charge is 0.266 e. The largest absolute Gasteiger partial charge is 0.396 e. The zero-order chi connectivity index (χ0) is 16.4. The highest BCUT2D eigenvalue weighted by Crippen LogP contribution is 2.30. The number of amides is 1. The van der Waals surface area contributed by atoms with Crippen LogP contribution in [0.15, 0.2) is 12.4 Å². The first-order valence-electron chi connectivity index (χ1n) is 7.98. The highest BCUT2D eigenvalue weighted by molar-refractivity contribution is 7.17. The van der Waals surface area contributed by atoms with E-state index < -0.39 is 0 Å². The van der Waals surface area contributed by atoms with E-state index in [0.717, 1.165) is 42.1 Å². The standard InChI is InChI=1S/C16H22N4O2S/c1-11-14(23-15(18-11)12-9-17-19(2)10-12)16(22)20-7-4-3-5-13(20)6-8-21/h9-10,13,21H,3-8H2,1-2H3. The van der Waals surface area contributed by atoms with Gasteiger partial charge in [-0.15, -0.1) is 11.3 Å². The number of likely N-dealkylation sites (tertiary alicyclic amines) is 1. The molecule has 3 heterocycles. The molecule has 0 spiro atoms. The van der Waals surface area contributed by atoms with Crippen LogP contribution in [0.2, 0.25) is 0 Å². The molecule has 0 aromatic carbocycles. The first-order chi connectivity index (χ1) is 11.1. The van der Waals surface area contributed by atoms with Gasteiger partial charge >= 0.3 is 0 Å². The van der Waals surface area contributed by atoms with Gasteiger partial charge in [-0.3, -0.25) is 9.48 Å². The molecule has 6 nitrogen and oxygen atoms in total. The van der Waals surface area contributed by atoms with Gasteiger partial charge in [-0.25, -0.2) is 4.98 Å². The Morgan fingerprint density at radius 2 is 2.30 bits per heavy atom. The molecule has 1 N–H and O–H groups in total. The lowest BCUT2D eigenvalue weighted by Crippen LogP contribution is -2.44. The SMILES string of the molecule is Cc1nc(-c2cnn(C)c2)sc1C(=O)N1CCCCC1CCO. The van der Waals surface area contributed by atoms with Crippen LogP contribution >= 0.6 is 11.3 Å². The summed E-state index contributed by atoms with van der Waals surface area (Å²) in [5.74, 6) is 0.0493. The van der Waals surface area contributed by atoms with Crippen molar-refractivity contribution in [2.75, 3.05) is 13.2 Å². The average Bonchev–Trinajstić information content (AvgIpc) is 3.13. The Kier molecular flexibility index (Phi) is 4.77. The van der Waals surface area contributed by atoms with Gasteiger partial charge in [0.1, 0.15) is 9.88 Å². The third-order valence-corrected chi connectivity index (χ3v) is 5.49. The molecule has 2 aromatic rings. The number of aliphatic hydroxyl groups excluding tert-OH is 1. The Bertz CT molecular complexity index is 692. The molecule has 23 heavy (non-hydrogen) atoms. The summed E-state index contributed by atoms with van der Waals surface area (Å²) in [5, 5.41) is 14.2. The molecular weight excluding hydrogens is 312 g/mol. The number of aryl methyl sites for hydroxylation is 2. The molecule has 0 radical (unpaired) electrons. The highest BCUT2D eigenvalue weighted by atomic mass is 32.1. The summed E-state index contributed by atoms with van der Waals surface area (Å²) >= 11 is 1.43. The van der Waals surface area contributed by atoms with Gasteiger partial charge in [0.15, 0.2) is 0 Å². The molecule has 124 valence electrons. The highest BCUT2D eigenvalue weighted by Gasteiger charge is 2.29. The van der Waals surface area contributed by atoms with Crippen LogP contribution in [0, 0.1) is 6.92 Å². The number of rotatable bonds is 4. The maximum atomic E-state index is 12.9. The quantitative estimate of drug-likeness (QED) is 0.931. The maximum Gasteiger partial charge on any atom is 0.266 e. The predicted molar refractivity (Wildman–Crippen MR) is 89.4 cm³/mol. The average molecular weight is 334 g/mol. The maximum absolute atomic E-state index is 12.9. The van der Waals surface area contributed by atoms with Gasteiger partial charge in [-0.1, -0.05) is 0 Å². The lowest BCUT2D eigenvalue weighted by atomic mass is 9.99. The van der Waals surface area contributed by atoms with Crippen LogP contribution in [0.1, 0.15) is 41.0 Å². The second-order valence-corrected chi connectivity index (χ2v) is 7.00. The van der Waals surface area contributed by atoms with Crippen molar-refractivity contribution in [2.45, 2.75) is 38.6 Å². The van der Waals surface area contributed by atoms with Crippen LogP contribution in [-0.4, -0.2) is 49.9 Å². The van der Waals surface area contributed by atoms with Gasteiger partial charge in [-0.05, 0) is 32.6 Å². The van der Waals surface area contributed by atoms with Gasteiger partial charge < -0.3 is 10.0 Å². The molecule has 0 aliphatic carbocycles. The van der Waals surface area contributed by atoms with Crippen molar-refractivity contribution in [3.05, 3.63) is 23.0 Å². The van der Waals surface area contributed by atoms with E-state index in [-0.39, 0.29) is 18.6 Å². The van der Waals surface area contributed by atoms with Crippen molar-refractivity contribution < 1.29 is 9.90 Å². The molecule has 1 fully saturated rings. The monoisotopic (exact) mass is 334 g/mol. The van der Waals surface area contributed by atoms with Crippen LogP contribution in [0.3, 0.4) is 0 Å². The van der Waals surface area contributed by atoms with Crippen molar-refractivity contribution >= 4 is 17.2 Å². The van der Waals surface area contributed by atoms with Gasteiger partial charge in [0.05, 0.1) is 11.9 Å². The Hall–Kier alpha value is -1.73. The Morgan fingerprint density at radius 3 is 3.00 bits per heavy atom. The van der Waals surface area contributed by atoms with E-state index in [9.17, 15) is 9.90 Å². The molecule has 0 saturated carbocycles. The zero-order valence-electron chi connectivity index (χ0n) is 13.5. The topological polar surface area (TPSA) is 71.2 Å². The number of carbonyl (C=O) groups excluding carboxylic acids is 1. The van der Waals surface area contributed by atoms with Gasteiger partial charge in [-0.2, -0.15) is 5.10 Å². The molecule has 0 bridgehead atoms. The molecule has 1 atom stereocenters. The van der Waals surface area contributed by atoms with Crippen molar-refractivity contribution in [3.63, 3.8) is 0 Å². The van der Waals surface area contributed by atoms with Gasteiger partial charge in [0, 0.05) is 38.0 Å². The van der Waals surface area contributed by atoms with E-state index in [1.54, 1.807) is 10.9 Å². The first kappa shape index (κ1) is 16.1. The number of thiazole rings is 1. The summed E-state index contributed by atoms with van der Waals surface area (Å²) in [5.41, 5.74) is 1.71. The van der Waals surface area contributed by atoms with Gasteiger partial charge in [0.2, 0.25) is 0 Å². The molecule has 2 aromatic heterocycles. The summed E-state index contributed by atoms with van der Waals surface area (Å²) in [6.45, 7) is 2.77. The first-order valence-corrected chi connectivity index (χ1v) is 8.80. The zero-order valence-corrected chi connectivity index (χ0v) is 14.3. The van der Waals surface area contributed by atoms with E-state index in [4.69, 9.17) is 0 Å². The molecule has 1 aliphatic heterocycles. The molecule has 1 amide bonds. The molecule has 1 saturated heterocycles. The molecule has 1 unspecified atom stereocenters. The van der Waals surface area contributed by atoms with Crippen LogP contribution in [0.4, 0.5) is 0 Å². The second-order valence-electron chi connectivity index (χ2n) is 6.00. The number of piperidine rings is 1. The summed E-state index contributed by atoms with van der Waals surface area (Å²) in [7, 11) is 1.86. The van der Waals surface area contributed by atoms with E-state index in [1.807, 2.05) is 25.1 Å². The number of aromatic nitrogens is 3. The van der Waals surface area contributed by atoms with Crippen molar-refractivity contribution in [1.29, 1.82) is 0 Å². The lowest BCUT2D eigenvalue weighted by Gasteiger charge is -2.35. The minimum Gasteiger partial charge on any atom is -0.396 e. The van der Waals surface area contributed by atoms with Crippen LogP contribution in [0.25, 0.3) is 10.6 Å². The fraction of sp³-hybridized carbons (Fsp3) is 0.562. The Morgan fingerprint density at radius 1 is 1.48 bits per heavy atom. The fourth-order valence-corrected chi connectivity index (χ4v) is 4.09. The number of hydrogen-bond acceptors (Lipinski definition) is 5. The summed E-state index contributed by atoms with van der Waals surface area (Å²) < 4.78 is 1.73. The molecule has 3 rings (SSSR count). The summed E-state index contributed by atoms with van der Waals surface area (Å²) in [4.78, 5) is 20.1.